The van der Waals surface area contributed by atoms with Gasteiger partial charge in [-0.1, -0.05) is 43.3 Å². The SMILES string of the molecule is CCc1ccc([C@@H]2Oc3cc(O)ccc3C(C)=C2c2ccc(O)cc2)cc1. The van der Waals surface area contributed by atoms with Gasteiger partial charge in [-0.3, -0.25) is 0 Å². The molecule has 4 rings (SSSR count). The van der Waals surface area contributed by atoms with Crippen LogP contribution in [-0.2, 0) is 6.42 Å². The van der Waals surface area contributed by atoms with Crippen LogP contribution in [0.1, 0.15) is 42.2 Å². The van der Waals surface area contributed by atoms with Crippen LogP contribution in [0.4, 0.5) is 0 Å². The molecular weight excluding hydrogens is 336 g/mol. The van der Waals surface area contributed by atoms with Crippen LogP contribution in [0, 0.1) is 0 Å². The summed E-state index contributed by atoms with van der Waals surface area (Å²) < 4.78 is 6.36. The van der Waals surface area contributed by atoms with Crippen molar-refractivity contribution in [2.75, 3.05) is 0 Å². The highest BCUT2D eigenvalue weighted by Gasteiger charge is 2.29. The van der Waals surface area contributed by atoms with Crippen molar-refractivity contribution in [1.29, 1.82) is 0 Å². The maximum atomic E-state index is 9.89. The molecule has 1 aliphatic heterocycles. The van der Waals surface area contributed by atoms with Crippen molar-refractivity contribution in [3.05, 3.63) is 89.0 Å². The maximum Gasteiger partial charge on any atom is 0.150 e. The highest BCUT2D eigenvalue weighted by molar-refractivity contribution is 5.95. The van der Waals surface area contributed by atoms with Crippen LogP contribution < -0.4 is 4.74 Å². The molecule has 0 aliphatic carbocycles. The van der Waals surface area contributed by atoms with E-state index >= 15 is 0 Å². The monoisotopic (exact) mass is 358 g/mol. The lowest BCUT2D eigenvalue weighted by atomic mass is 9.86. The molecule has 2 N–H and O–H groups in total. The van der Waals surface area contributed by atoms with E-state index in [9.17, 15) is 10.2 Å². The molecule has 3 aromatic rings. The molecule has 0 amide bonds. The quantitative estimate of drug-likeness (QED) is 0.629. The standard InChI is InChI=1S/C24H22O3/c1-3-16-4-6-18(7-5-16)24-23(17-8-10-19(25)11-9-17)15(2)21-13-12-20(26)14-22(21)27-24/h4-14,24-26H,3H2,1-2H3/t24-/m0/s1. The number of phenolic OH excluding ortho intramolecular Hbond substituents is 2. The molecule has 27 heavy (non-hydrogen) atoms. The number of aromatic hydroxyl groups is 2. The largest absolute Gasteiger partial charge is 0.508 e. The molecule has 3 aromatic carbocycles. The van der Waals surface area contributed by atoms with E-state index in [0.717, 1.165) is 34.3 Å². The summed E-state index contributed by atoms with van der Waals surface area (Å²) in [7, 11) is 0. The predicted molar refractivity (Wildman–Crippen MR) is 108 cm³/mol. The van der Waals surface area contributed by atoms with E-state index in [1.807, 2.05) is 18.2 Å². The summed E-state index contributed by atoms with van der Waals surface area (Å²) >= 11 is 0. The number of aryl methyl sites for hydroxylation is 1. The lowest BCUT2D eigenvalue weighted by molar-refractivity contribution is 0.259. The van der Waals surface area contributed by atoms with Crippen LogP contribution in [0.15, 0.2) is 66.7 Å². The van der Waals surface area contributed by atoms with Crippen LogP contribution in [0.5, 0.6) is 17.2 Å². The number of benzene rings is 3. The number of hydrogen-bond donors (Lipinski definition) is 2. The Bertz CT molecular complexity index is 999. The molecule has 0 radical (unpaired) electrons. The average molecular weight is 358 g/mol. The van der Waals surface area contributed by atoms with Gasteiger partial charge in [0.2, 0.25) is 0 Å². The second-order valence-corrected chi connectivity index (χ2v) is 6.86. The molecule has 0 spiro atoms. The van der Waals surface area contributed by atoms with Crippen molar-refractivity contribution in [1.82, 2.24) is 0 Å². The zero-order valence-electron chi connectivity index (χ0n) is 15.4. The topological polar surface area (TPSA) is 49.7 Å². The van der Waals surface area contributed by atoms with E-state index in [2.05, 4.69) is 38.1 Å². The zero-order valence-corrected chi connectivity index (χ0v) is 15.4. The Morgan fingerprint density at radius 3 is 2.19 bits per heavy atom. The number of rotatable bonds is 3. The van der Waals surface area contributed by atoms with Crippen molar-refractivity contribution < 1.29 is 14.9 Å². The molecule has 0 fully saturated rings. The molecule has 0 saturated carbocycles. The normalized spacial score (nSPS) is 16.0. The van der Waals surface area contributed by atoms with Crippen molar-refractivity contribution in [2.24, 2.45) is 0 Å². The van der Waals surface area contributed by atoms with E-state index < -0.39 is 0 Å². The predicted octanol–water partition coefficient (Wildman–Crippen LogP) is 5.72. The fraction of sp³-hybridized carbons (Fsp3) is 0.167. The second kappa shape index (κ2) is 6.84. The minimum atomic E-state index is -0.283. The molecular formula is C24H22O3. The van der Waals surface area contributed by atoms with Gasteiger partial charge in [0.25, 0.3) is 0 Å². The smallest absolute Gasteiger partial charge is 0.150 e. The molecule has 0 unspecified atom stereocenters. The van der Waals surface area contributed by atoms with Gasteiger partial charge < -0.3 is 14.9 Å². The van der Waals surface area contributed by atoms with Gasteiger partial charge in [-0.2, -0.15) is 0 Å². The van der Waals surface area contributed by atoms with E-state index in [1.165, 1.54) is 5.56 Å². The highest BCUT2D eigenvalue weighted by Crippen LogP contribution is 2.47. The molecule has 3 nitrogen and oxygen atoms in total. The summed E-state index contributed by atoms with van der Waals surface area (Å²) in [6.07, 6.45) is 0.706. The first kappa shape index (κ1) is 17.2. The van der Waals surface area contributed by atoms with Gasteiger partial charge in [0.1, 0.15) is 23.4 Å². The van der Waals surface area contributed by atoms with Crippen LogP contribution in [0.25, 0.3) is 11.1 Å². The van der Waals surface area contributed by atoms with Crippen LogP contribution in [0.2, 0.25) is 0 Å². The van der Waals surface area contributed by atoms with Gasteiger partial charge in [-0.25, -0.2) is 0 Å². The summed E-state index contributed by atoms with van der Waals surface area (Å²) in [5.41, 5.74) is 6.48. The fourth-order valence-corrected chi connectivity index (χ4v) is 3.62. The number of fused-ring (bicyclic) bond motifs is 1. The zero-order chi connectivity index (χ0) is 19.0. The molecule has 136 valence electrons. The lowest BCUT2D eigenvalue weighted by Crippen LogP contribution is -2.16. The van der Waals surface area contributed by atoms with Crippen molar-refractivity contribution >= 4 is 11.1 Å². The fourth-order valence-electron chi connectivity index (χ4n) is 3.62. The molecule has 1 aliphatic rings. The first-order valence-corrected chi connectivity index (χ1v) is 9.16. The van der Waals surface area contributed by atoms with E-state index in [-0.39, 0.29) is 17.6 Å². The van der Waals surface area contributed by atoms with Gasteiger partial charge in [0, 0.05) is 17.2 Å². The van der Waals surface area contributed by atoms with Crippen molar-refractivity contribution in [2.45, 2.75) is 26.4 Å². The average Bonchev–Trinajstić information content (AvgIpc) is 2.68. The number of hydrogen-bond acceptors (Lipinski definition) is 3. The Balaban J connectivity index is 1.89. The van der Waals surface area contributed by atoms with Crippen LogP contribution in [-0.4, -0.2) is 10.2 Å². The summed E-state index contributed by atoms with van der Waals surface area (Å²) in [5.74, 6) is 1.11. The van der Waals surface area contributed by atoms with Gasteiger partial charge >= 0.3 is 0 Å². The molecule has 3 heteroatoms. The van der Waals surface area contributed by atoms with E-state index in [0.29, 0.717) is 5.75 Å². The molecule has 0 saturated heterocycles. The Morgan fingerprint density at radius 1 is 0.852 bits per heavy atom. The third-order valence-electron chi connectivity index (χ3n) is 5.15. The first-order valence-electron chi connectivity index (χ1n) is 9.16. The van der Waals surface area contributed by atoms with Crippen molar-refractivity contribution in [3.8, 4) is 17.2 Å². The van der Waals surface area contributed by atoms with Gasteiger partial charge in [-0.05, 0) is 59.9 Å². The second-order valence-electron chi connectivity index (χ2n) is 6.86. The first-order chi connectivity index (χ1) is 13.1. The van der Waals surface area contributed by atoms with Crippen molar-refractivity contribution in [3.63, 3.8) is 0 Å². The van der Waals surface area contributed by atoms with Gasteiger partial charge in [-0.15, -0.1) is 0 Å². The lowest BCUT2D eigenvalue weighted by Gasteiger charge is -2.31. The summed E-state index contributed by atoms with van der Waals surface area (Å²) in [6.45, 7) is 4.21. The number of phenols is 2. The number of ether oxygens (including phenoxy) is 1. The Morgan fingerprint density at radius 2 is 1.52 bits per heavy atom. The minimum Gasteiger partial charge on any atom is -0.508 e. The third-order valence-corrected chi connectivity index (χ3v) is 5.15. The van der Waals surface area contributed by atoms with Gasteiger partial charge in [0.15, 0.2) is 0 Å². The summed E-state index contributed by atoms with van der Waals surface area (Å²) in [5, 5.41) is 19.6. The minimum absolute atomic E-state index is 0.190. The van der Waals surface area contributed by atoms with E-state index in [1.54, 1.807) is 24.3 Å². The summed E-state index contributed by atoms with van der Waals surface area (Å²) in [6, 6.07) is 20.9. The number of allylic oxidation sites excluding steroid dienone is 1. The van der Waals surface area contributed by atoms with Gasteiger partial charge in [0.05, 0.1) is 0 Å². The highest BCUT2D eigenvalue weighted by atomic mass is 16.5. The van der Waals surface area contributed by atoms with E-state index in [4.69, 9.17) is 4.74 Å². The summed E-state index contributed by atoms with van der Waals surface area (Å²) in [4.78, 5) is 0. The Kier molecular flexibility index (Phi) is 4.36. The molecule has 0 aromatic heterocycles. The third kappa shape index (κ3) is 3.17. The molecule has 1 atom stereocenters. The molecule has 0 bridgehead atoms. The Hall–Kier alpha value is -3.20. The maximum absolute atomic E-state index is 9.89. The Labute approximate surface area is 159 Å². The molecule has 1 heterocycles. The van der Waals surface area contributed by atoms with Crippen LogP contribution >= 0.6 is 0 Å². The van der Waals surface area contributed by atoms with Crippen LogP contribution in [0.3, 0.4) is 0 Å².